The third-order valence-corrected chi connectivity index (χ3v) is 5.99. The molecule has 0 unspecified atom stereocenters. The molecule has 0 atom stereocenters. The number of aliphatic imine (C=N–C) groups is 1. The van der Waals surface area contributed by atoms with Crippen LogP contribution < -0.4 is 15.5 Å². The first-order valence-electron chi connectivity index (χ1n) is 9.42. The van der Waals surface area contributed by atoms with Crippen molar-refractivity contribution in [3.8, 4) is 0 Å². The second-order valence-electron chi connectivity index (χ2n) is 6.76. The highest BCUT2D eigenvalue weighted by Gasteiger charge is 2.20. The number of hydrogen-bond donors (Lipinski definition) is 2. The molecule has 1 fully saturated rings. The topological polar surface area (TPSA) is 52.6 Å². The zero-order valence-electron chi connectivity index (χ0n) is 15.6. The van der Waals surface area contributed by atoms with Crippen molar-refractivity contribution in [2.75, 3.05) is 25.0 Å². The van der Waals surface area contributed by atoms with Crippen LogP contribution >= 0.6 is 11.3 Å². The predicted molar refractivity (Wildman–Crippen MR) is 115 cm³/mol. The van der Waals surface area contributed by atoms with Gasteiger partial charge >= 0.3 is 0 Å². The fourth-order valence-electron chi connectivity index (χ4n) is 3.57. The lowest BCUT2D eigenvalue weighted by Gasteiger charge is -2.33. The highest BCUT2D eigenvalue weighted by molar-refractivity contribution is 7.14. The number of rotatable bonds is 4. The Bertz CT molecular complexity index is 893. The van der Waals surface area contributed by atoms with Gasteiger partial charge in [0.1, 0.15) is 0 Å². The monoisotopic (exact) mass is 379 g/mol. The van der Waals surface area contributed by atoms with Gasteiger partial charge < -0.3 is 15.5 Å². The van der Waals surface area contributed by atoms with Crippen molar-refractivity contribution >= 4 is 33.1 Å². The van der Waals surface area contributed by atoms with E-state index in [-0.39, 0.29) is 0 Å². The fraction of sp³-hybridized carbons (Fsp3) is 0.333. The predicted octanol–water partition coefficient (Wildman–Crippen LogP) is 3.63. The number of nitrogens with one attached hydrogen (secondary N) is 2. The maximum absolute atomic E-state index is 4.55. The molecule has 6 heteroatoms. The number of anilines is 1. The van der Waals surface area contributed by atoms with Gasteiger partial charge in [-0.05, 0) is 41.8 Å². The Labute approximate surface area is 164 Å². The van der Waals surface area contributed by atoms with Crippen LogP contribution in [0.1, 0.15) is 18.5 Å². The summed E-state index contributed by atoms with van der Waals surface area (Å²) in [5, 5.41) is 12.9. The molecule has 3 heterocycles. The maximum Gasteiger partial charge on any atom is 0.191 e. The van der Waals surface area contributed by atoms with Crippen molar-refractivity contribution in [3.05, 3.63) is 59.7 Å². The summed E-state index contributed by atoms with van der Waals surface area (Å²) >= 11 is 1.82. The summed E-state index contributed by atoms with van der Waals surface area (Å²) in [5.41, 5.74) is 1.04. The van der Waals surface area contributed by atoms with Crippen molar-refractivity contribution < 1.29 is 0 Å². The zero-order chi connectivity index (χ0) is 18.5. The largest absolute Gasteiger partial charge is 0.363 e. The van der Waals surface area contributed by atoms with E-state index in [1.807, 2.05) is 30.6 Å². The third kappa shape index (κ3) is 4.22. The summed E-state index contributed by atoms with van der Waals surface area (Å²) in [6, 6.07) is 15.2. The summed E-state index contributed by atoms with van der Waals surface area (Å²) in [7, 11) is 1.83. The van der Waals surface area contributed by atoms with E-state index in [4.69, 9.17) is 0 Å². The van der Waals surface area contributed by atoms with E-state index in [1.54, 1.807) is 0 Å². The Morgan fingerprint density at radius 3 is 2.81 bits per heavy atom. The minimum Gasteiger partial charge on any atom is -0.363 e. The van der Waals surface area contributed by atoms with Crippen LogP contribution in [0.4, 0.5) is 5.00 Å². The average Bonchev–Trinajstić information content (AvgIpc) is 3.26. The average molecular weight is 380 g/mol. The van der Waals surface area contributed by atoms with Crippen LogP contribution in [-0.2, 0) is 6.54 Å². The Balaban J connectivity index is 1.32. The van der Waals surface area contributed by atoms with Gasteiger partial charge in [0.2, 0.25) is 0 Å². The summed E-state index contributed by atoms with van der Waals surface area (Å²) in [5.74, 6) is 0.847. The van der Waals surface area contributed by atoms with E-state index in [9.17, 15) is 0 Å². The van der Waals surface area contributed by atoms with E-state index in [2.05, 4.69) is 67.3 Å². The molecule has 1 saturated heterocycles. The second kappa shape index (κ2) is 8.39. The second-order valence-corrected chi connectivity index (χ2v) is 7.69. The molecular formula is C21H25N5S. The standard InChI is InChI=1S/C21H25N5S/c1-22-21(24-15-19-18-6-3-2-5-16(18)8-11-23-19)25-17-9-12-26(13-10-17)20-7-4-14-27-20/h2-8,11,14,17H,9-10,12-13,15H2,1H3,(H2,22,24,25). The van der Waals surface area contributed by atoms with Gasteiger partial charge in [-0.1, -0.05) is 24.3 Å². The van der Waals surface area contributed by atoms with Gasteiger partial charge in [-0.15, -0.1) is 11.3 Å². The molecule has 27 heavy (non-hydrogen) atoms. The minimum atomic E-state index is 0.452. The number of pyridine rings is 1. The quantitative estimate of drug-likeness (QED) is 0.537. The van der Waals surface area contributed by atoms with Gasteiger partial charge in [0, 0.05) is 37.8 Å². The number of thiophene rings is 1. The number of guanidine groups is 1. The molecule has 140 valence electrons. The highest BCUT2D eigenvalue weighted by atomic mass is 32.1. The highest BCUT2D eigenvalue weighted by Crippen LogP contribution is 2.24. The molecular weight excluding hydrogens is 354 g/mol. The smallest absolute Gasteiger partial charge is 0.191 e. The van der Waals surface area contributed by atoms with Crippen LogP contribution in [0.25, 0.3) is 10.8 Å². The van der Waals surface area contributed by atoms with Crippen LogP contribution in [0.15, 0.2) is 59.0 Å². The van der Waals surface area contributed by atoms with Crippen molar-refractivity contribution in [2.45, 2.75) is 25.4 Å². The van der Waals surface area contributed by atoms with Crippen LogP contribution in [0.3, 0.4) is 0 Å². The van der Waals surface area contributed by atoms with Gasteiger partial charge in [-0.25, -0.2) is 0 Å². The number of hydrogen-bond acceptors (Lipinski definition) is 4. The zero-order valence-corrected chi connectivity index (χ0v) is 16.4. The molecule has 0 saturated carbocycles. The number of fused-ring (bicyclic) bond motifs is 1. The molecule has 1 aliphatic heterocycles. The van der Waals surface area contributed by atoms with Crippen LogP contribution in [0.5, 0.6) is 0 Å². The van der Waals surface area contributed by atoms with Crippen LogP contribution in [-0.4, -0.2) is 37.1 Å². The molecule has 0 amide bonds. The molecule has 4 rings (SSSR count). The van der Waals surface area contributed by atoms with E-state index in [0.717, 1.165) is 37.6 Å². The van der Waals surface area contributed by atoms with E-state index in [1.165, 1.54) is 15.8 Å². The van der Waals surface area contributed by atoms with Crippen LogP contribution in [0, 0.1) is 0 Å². The molecule has 3 aromatic rings. The fourth-order valence-corrected chi connectivity index (χ4v) is 4.36. The van der Waals surface area contributed by atoms with E-state index < -0.39 is 0 Å². The van der Waals surface area contributed by atoms with E-state index in [0.29, 0.717) is 12.6 Å². The van der Waals surface area contributed by atoms with Crippen LogP contribution in [0.2, 0.25) is 0 Å². The molecule has 5 nitrogen and oxygen atoms in total. The number of piperidine rings is 1. The Kier molecular flexibility index (Phi) is 5.53. The molecule has 0 bridgehead atoms. The number of aromatic nitrogens is 1. The van der Waals surface area contributed by atoms with Crippen molar-refractivity contribution in [1.82, 2.24) is 15.6 Å². The molecule has 2 aromatic heterocycles. The normalized spacial score (nSPS) is 15.9. The van der Waals surface area contributed by atoms with Gasteiger partial charge in [-0.3, -0.25) is 9.98 Å². The summed E-state index contributed by atoms with van der Waals surface area (Å²) < 4.78 is 0. The van der Waals surface area contributed by atoms with Gasteiger partial charge in [0.25, 0.3) is 0 Å². The molecule has 1 aromatic carbocycles. The number of nitrogens with zero attached hydrogens (tertiary/aromatic N) is 3. The van der Waals surface area contributed by atoms with Gasteiger partial charge in [0.15, 0.2) is 5.96 Å². The van der Waals surface area contributed by atoms with Crippen molar-refractivity contribution in [2.24, 2.45) is 4.99 Å². The minimum absolute atomic E-state index is 0.452. The molecule has 1 aliphatic rings. The third-order valence-electron chi connectivity index (χ3n) is 5.06. The first kappa shape index (κ1) is 17.8. The molecule has 0 spiro atoms. The summed E-state index contributed by atoms with van der Waals surface area (Å²) in [6.07, 6.45) is 4.10. The first-order chi connectivity index (χ1) is 13.3. The first-order valence-corrected chi connectivity index (χ1v) is 10.3. The number of benzene rings is 1. The van der Waals surface area contributed by atoms with Crippen molar-refractivity contribution in [1.29, 1.82) is 0 Å². The Morgan fingerprint density at radius 2 is 2.04 bits per heavy atom. The molecule has 0 radical (unpaired) electrons. The summed E-state index contributed by atoms with van der Waals surface area (Å²) in [6.45, 7) is 2.83. The maximum atomic E-state index is 4.55. The lowest BCUT2D eigenvalue weighted by atomic mass is 10.1. The summed E-state index contributed by atoms with van der Waals surface area (Å²) in [4.78, 5) is 11.4. The Hall–Kier alpha value is -2.60. The lowest BCUT2D eigenvalue weighted by Crippen LogP contribution is -2.48. The van der Waals surface area contributed by atoms with E-state index >= 15 is 0 Å². The molecule has 2 N–H and O–H groups in total. The lowest BCUT2D eigenvalue weighted by molar-refractivity contribution is 0.462. The SMILES string of the molecule is CN=C(NCc1nccc2ccccc12)NC1CCN(c2cccs2)CC1. The molecule has 0 aliphatic carbocycles. The Morgan fingerprint density at radius 1 is 1.19 bits per heavy atom. The van der Waals surface area contributed by atoms with Crippen molar-refractivity contribution in [3.63, 3.8) is 0 Å². The van der Waals surface area contributed by atoms with Gasteiger partial charge in [0.05, 0.1) is 17.2 Å². The van der Waals surface area contributed by atoms with Gasteiger partial charge in [-0.2, -0.15) is 0 Å².